The first kappa shape index (κ1) is 8.85. The Balaban J connectivity index is 1.91. The van der Waals surface area contributed by atoms with E-state index in [9.17, 15) is 4.79 Å². The van der Waals surface area contributed by atoms with Gasteiger partial charge in [-0.25, -0.2) is 4.79 Å². The van der Waals surface area contributed by atoms with Gasteiger partial charge in [0.25, 0.3) is 0 Å². The maximum atomic E-state index is 11.0. The van der Waals surface area contributed by atoms with E-state index < -0.39 is 0 Å². The van der Waals surface area contributed by atoms with Crippen molar-refractivity contribution in [1.82, 2.24) is 10.6 Å². The zero-order valence-electron chi connectivity index (χ0n) is 6.97. The molecule has 0 radical (unpaired) electrons. The fourth-order valence-electron chi connectivity index (χ4n) is 0.833. The molecule has 0 aromatic rings. The summed E-state index contributed by atoms with van der Waals surface area (Å²) in [4.78, 5) is 11.0. The summed E-state index contributed by atoms with van der Waals surface area (Å²) in [5.74, 6) is 0. The van der Waals surface area contributed by atoms with Gasteiger partial charge in [0, 0.05) is 19.0 Å². The standard InChI is InChI=1S/C8H13N3O/c9-5-1-2-6-10-8(12)11-7-3-4-7/h7H,1-4,6H2,(H2,10,11,12). The van der Waals surface area contributed by atoms with Crippen molar-refractivity contribution < 1.29 is 4.79 Å². The quantitative estimate of drug-likeness (QED) is 0.607. The predicted molar refractivity (Wildman–Crippen MR) is 44.4 cm³/mol. The molecule has 0 aliphatic heterocycles. The Kier molecular flexibility index (Phi) is 3.39. The van der Waals surface area contributed by atoms with Crippen molar-refractivity contribution in [2.45, 2.75) is 31.7 Å². The van der Waals surface area contributed by atoms with E-state index in [0.29, 0.717) is 19.0 Å². The fraction of sp³-hybridized carbons (Fsp3) is 0.750. The van der Waals surface area contributed by atoms with Crippen LogP contribution >= 0.6 is 0 Å². The number of nitriles is 1. The predicted octanol–water partition coefficient (Wildman–Crippen LogP) is 0.752. The van der Waals surface area contributed by atoms with Gasteiger partial charge in [-0.15, -0.1) is 0 Å². The molecule has 4 nitrogen and oxygen atoms in total. The molecule has 12 heavy (non-hydrogen) atoms. The number of rotatable bonds is 4. The van der Waals surface area contributed by atoms with Crippen molar-refractivity contribution in [1.29, 1.82) is 5.26 Å². The SMILES string of the molecule is N#CCCCNC(=O)NC1CC1. The van der Waals surface area contributed by atoms with Crippen LogP contribution in [0.3, 0.4) is 0 Å². The van der Waals surface area contributed by atoms with E-state index in [1.807, 2.05) is 6.07 Å². The van der Waals surface area contributed by atoms with Gasteiger partial charge in [0.1, 0.15) is 0 Å². The lowest BCUT2D eigenvalue weighted by atomic mass is 10.3. The van der Waals surface area contributed by atoms with Crippen LogP contribution in [0.4, 0.5) is 4.79 Å². The summed E-state index contributed by atoms with van der Waals surface area (Å²) in [7, 11) is 0. The van der Waals surface area contributed by atoms with Crippen molar-refractivity contribution in [2.75, 3.05) is 6.54 Å². The minimum absolute atomic E-state index is 0.101. The number of carbonyl (C=O) groups is 1. The second-order valence-corrected chi connectivity index (χ2v) is 2.94. The van der Waals surface area contributed by atoms with Crippen LogP contribution in [0, 0.1) is 11.3 Å². The van der Waals surface area contributed by atoms with E-state index >= 15 is 0 Å². The number of urea groups is 1. The minimum atomic E-state index is -0.101. The van der Waals surface area contributed by atoms with E-state index in [1.54, 1.807) is 0 Å². The van der Waals surface area contributed by atoms with Crippen molar-refractivity contribution in [3.05, 3.63) is 0 Å². The van der Waals surface area contributed by atoms with Gasteiger partial charge in [0.2, 0.25) is 0 Å². The lowest BCUT2D eigenvalue weighted by Gasteiger charge is -2.04. The van der Waals surface area contributed by atoms with Crippen LogP contribution in [0.2, 0.25) is 0 Å². The highest BCUT2D eigenvalue weighted by Crippen LogP contribution is 2.18. The highest BCUT2D eigenvalue weighted by Gasteiger charge is 2.22. The van der Waals surface area contributed by atoms with E-state index in [2.05, 4.69) is 10.6 Å². The maximum Gasteiger partial charge on any atom is 0.315 e. The van der Waals surface area contributed by atoms with Crippen LogP contribution in [-0.4, -0.2) is 18.6 Å². The molecule has 1 aliphatic rings. The molecular weight excluding hydrogens is 154 g/mol. The molecule has 0 atom stereocenters. The maximum absolute atomic E-state index is 11.0. The molecular formula is C8H13N3O. The molecule has 2 N–H and O–H groups in total. The Bertz CT molecular complexity index is 193. The average molecular weight is 167 g/mol. The average Bonchev–Trinajstić information content (AvgIpc) is 2.82. The highest BCUT2D eigenvalue weighted by atomic mass is 16.2. The van der Waals surface area contributed by atoms with Crippen molar-refractivity contribution >= 4 is 6.03 Å². The molecule has 1 fully saturated rings. The van der Waals surface area contributed by atoms with Gasteiger partial charge in [-0.05, 0) is 19.3 Å². The number of carbonyl (C=O) groups excluding carboxylic acids is 1. The van der Waals surface area contributed by atoms with Gasteiger partial charge in [-0.3, -0.25) is 0 Å². The molecule has 0 unspecified atom stereocenters. The molecule has 0 aromatic heterocycles. The number of hydrogen-bond donors (Lipinski definition) is 2. The molecule has 0 spiro atoms. The van der Waals surface area contributed by atoms with Crippen LogP contribution in [0.15, 0.2) is 0 Å². The van der Waals surface area contributed by atoms with Crippen LogP contribution < -0.4 is 10.6 Å². The number of amides is 2. The summed E-state index contributed by atoms with van der Waals surface area (Å²) < 4.78 is 0. The molecule has 0 aromatic carbocycles. The van der Waals surface area contributed by atoms with Crippen LogP contribution in [0.1, 0.15) is 25.7 Å². The van der Waals surface area contributed by atoms with Gasteiger partial charge in [-0.2, -0.15) is 5.26 Å². The van der Waals surface area contributed by atoms with Crippen molar-refractivity contribution in [2.24, 2.45) is 0 Å². The summed E-state index contributed by atoms with van der Waals surface area (Å²) >= 11 is 0. The zero-order chi connectivity index (χ0) is 8.81. The molecule has 1 rings (SSSR count). The first-order valence-corrected chi connectivity index (χ1v) is 4.24. The highest BCUT2D eigenvalue weighted by molar-refractivity contribution is 5.74. The Labute approximate surface area is 71.9 Å². The second kappa shape index (κ2) is 4.60. The van der Waals surface area contributed by atoms with E-state index in [1.165, 1.54) is 0 Å². The zero-order valence-corrected chi connectivity index (χ0v) is 6.97. The Morgan fingerprint density at radius 2 is 2.33 bits per heavy atom. The summed E-state index contributed by atoms with van der Waals surface area (Å²) in [5.41, 5.74) is 0. The lowest BCUT2D eigenvalue weighted by Crippen LogP contribution is -2.37. The van der Waals surface area contributed by atoms with Crippen LogP contribution in [0.25, 0.3) is 0 Å². The number of unbranched alkanes of at least 4 members (excludes halogenated alkanes) is 1. The first-order valence-electron chi connectivity index (χ1n) is 4.24. The number of nitrogens with one attached hydrogen (secondary N) is 2. The smallest absolute Gasteiger partial charge is 0.315 e. The molecule has 0 saturated heterocycles. The van der Waals surface area contributed by atoms with Crippen LogP contribution in [-0.2, 0) is 0 Å². The summed E-state index contributed by atoms with van der Waals surface area (Å²) in [6, 6.07) is 2.33. The minimum Gasteiger partial charge on any atom is -0.338 e. The Hall–Kier alpha value is -1.24. The largest absolute Gasteiger partial charge is 0.338 e. The van der Waals surface area contributed by atoms with Gasteiger partial charge in [0.15, 0.2) is 0 Å². The van der Waals surface area contributed by atoms with Gasteiger partial charge in [-0.1, -0.05) is 0 Å². The van der Waals surface area contributed by atoms with Crippen molar-refractivity contribution in [3.8, 4) is 6.07 Å². The third-order valence-corrected chi connectivity index (χ3v) is 1.66. The van der Waals surface area contributed by atoms with Gasteiger partial charge >= 0.3 is 6.03 Å². The first-order chi connectivity index (χ1) is 5.83. The normalized spacial score (nSPS) is 14.9. The summed E-state index contributed by atoms with van der Waals surface area (Å²) in [6.45, 7) is 0.589. The van der Waals surface area contributed by atoms with E-state index in [4.69, 9.17) is 5.26 Å². The molecule has 66 valence electrons. The third-order valence-electron chi connectivity index (χ3n) is 1.66. The van der Waals surface area contributed by atoms with Crippen LogP contribution in [0.5, 0.6) is 0 Å². The second-order valence-electron chi connectivity index (χ2n) is 2.94. The number of hydrogen-bond acceptors (Lipinski definition) is 2. The van der Waals surface area contributed by atoms with Gasteiger partial charge in [0.05, 0.1) is 6.07 Å². The molecule has 1 saturated carbocycles. The Morgan fingerprint density at radius 3 is 2.92 bits per heavy atom. The summed E-state index contributed by atoms with van der Waals surface area (Å²) in [6.07, 6.45) is 3.44. The Morgan fingerprint density at radius 1 is 1.58 bits per heavy atom. The molecule has 0 bridgehead atoms. The fourth-order valence-corrected chi connectivity index (χ4v) is 0.833. The van der Waals surface area contributed by atoms with E-state index in [0.717, 1.165) is 19.3 Å². The summed E-state index contributed by atoms with van der Waals surface area (Å²) in [5, 5.41) is 13.7. The molecule has 0 heterocycles. The van der Waals surface area contributed by atoms with Gasteiger partial charge < -0.3 is 10.6 Å². The lowest BCUT2D eigenvalue weighted by molar-refractivity contribution is 0.240. The van der Waals surface area contributed by atoms with E-state index in [-0.39, 0.29) is 6.03 Å². The molecule has 4 heteroatoms. The number of nitrogens with zero attached hydrogens (tertiary/aromatic N) is 1. The third kappa shape index (κ3) is 3.81. The molecule has 2 amide bonds. The topological polar surface area (TPSA) is 64.9 Å². The molecule has 1 aliphatic carbocycles. The monoisotopic (exact) mass is 167 g/mol. The van der Waals surface area contributed by atoms with Crippen molar-refractivity contribution in [3.63, 3.8) is 0 Å².